The van der Waals surface area contributed by atoms with E-state index in [0.717, 1.165) is 10.0 Å². The Morgan fingerprint density at radius 3 is 2.86 bits per heavy atom. The zero-order chi connectivity index (χ0) is 15.4. The Labute approximate surface area is 130 Å². The lowest BCUT2D eigenvalue weighted by molar-refractivity contribution is -0.122. The quantitative estimate of drug-likeness (QED) is 0.886. The van der Waals surface area contributed by atoms with Crippen LogP contribution in [-0.4, -0.2) is 10.5 Å². The molecule has 0 radical (unpaired) electrons. The maximum Gasteiger partial charge on any atom is 0.251 e. The molecule has 0 aliphatic rings. The fraction of sp³-hybridized carbons (Fsp3) is 0.200. The normalized spacial score (nSPS) is 11.9. The van der Waals surface area contributed by atoms with Crippen LogP contribution in [0.5, 0.6) is 0 Å². The zero-order valence-electron chi connectivity index (χ0n) is 11.5. The summed E-state index contributed by atoms with van der Waals surface area (Å²) < 4.78 is 2.24. The van der Waals surface area contributed by atoms with E-state index >= 15 is 0 Å². The largest absolute Gasteiger partial charge is 0.398 e. The van der Waals surface area contributed by atoms with Crippen molar-refractivity contribution < 1.29 is 4.79 Å². The zero-order valence-corrected chi connectivity index (χ0v) is 13.1. The molecule has 0 bridgehead atoms. The molecule has 1 heterocycles. The maximum atomic E-state index is 12.0. The summed E-state index contributed by atoms with van der Waals surface area (Å²) in [5.74, 6) is -0.241. The van der Waals surface area contributed by atoms with Gasteiger partial charge in [-0.1, -0.05) is 28.1 Å². The van der Waals surface area contributed by atoms with Gasteiger partial charge in [0, 0.05) is 22.4 Å². The topological polar surface area (TPSA) is 77.1 Å². The first-order chi connectivity index (χ1) is 9.95. The molecule has 2 aromatic rings. The number of nitrogens with one attached hydrogen (secondary N) is 1. The third-order valence-corrected chi connectivity index (χ3v) is 3.54. The van der Waals surface area contributed by atoms with Gasteiger partial charge in [0.05, 0.1) is 6.04 Å². The Hall–Kier alpha value is -2.08. The fourth-order valence-corrected chi connectivity index (χ4v) is 2.39. The summed E-state index contributed by atoms with van der Waals surface area (Å²) in [4.78, 5) is 23.6. The van der Waals surface area contributed by atoms with E-state index in [1.54, 1.807) is 0 Å². The number of benzene rings is 1. The average molecular weight is 350 g/mol. The van der Waals surface area contributed by atoms with Crippen molar-refractivity contribution in [1.29, 1.82) is 0 Å². The molecule has 110 valence electrons. The Kier molecular flexibility index (Phi) is 4.80. The molecule has 6 heteroatoms. The van der Waals surface area contributed by atoms with Crippen LogP contribution in [0.4, 0.5) is 5.69 Å². The molecule has 0 aliphatic heterocycles. The van der Waals surface area contributed by atoms with Gasteiger partial charge in [-0.15, -0.1) is 0 Å². The van der Waals surface area contributed by atoms with Crippen molar-refractivity contribution in [3.05, 3.63) is 63.0 Å². The van der Waals surface area contributed by atoms with Crippen molar-refractivity contribution in [3.8, 4) is 0 Å². The predicted octanol–water partition coefficient (Wildman–Crippen LogP) is 2.07. The monoisotopic (exact) mass is 349 g/mol. The van der Waals surface area contributed by atoms with Crippen molar-refractivity contribution in [2.24, 2.45) is 0 Å². The highest BCUT2D eigenvalue weighted by molar-refractivity contribution is 9.10. The highest BCUT2D eigenvalue weighted by Gasteiger charge is 2.11. The summed E-state index contributed by atoms with van der Waals surface area (Å²) in [7, 11) is 0. The van der Waals surface area contributed by atoms with E-state index in [-0.39, 0.29) is 24.1 Å². The van der Waals surface area contributed by atoms with Crippen molar-refractivity contribution in [1.82, 2.24) is 9.88 Å². The van der Waals surface area contributed by atoms with Crippen LogP contribution in [0, 0.1) is 0 Å². The van der Waals surface area contributed by atoms with Gasteiger partial charge in [0.1, 0.15) is 6.54 Å². The summed E-state index contributed by atoms with van der Waals surface area (Å²) in [5.41, 5.74) is 6.79. The molecule has 0 fully saturated rings. The van der Waals surface area contributed by atoms with Gasteiger partial charge in [-0.05, 0) is 30.7 Å². The van der Waals surface area contributed by atoms with Crippen LogP contribution >= 0.6 is 15.9 Å². The van der Waals surface area contributed by atoms with Gasteiger partial charge in [-0.25, -0.2) is 0 Å². The minimum atomic E-state index is -0.255. The minimum absolute atomic E-state index is 0.0534. The number of aromatic nitrogens is 1. The third-order valence-electron chi connectivity index (χ3n) is 3.05. The molecule has 0 saturated carbocycles. The maximum absolute atomic E-state index is 12.0. The van der Waals surface area contributed by atoms with Crippen LogP contribution in [0.25, 0.3) is 0 Å². The van der Waals surface area contributed by atoms with Gasteiger partial charge in [0.15, 0.2) is 0 Å². The second kappa shape index (κ2) is 6.58. The number of nitrogens with two attached hydrogens (primary N) is 1. The summed E-state index contributed by atoms with van der Waals surface area (Å²) in [6, 6.07) is 10.4. The summed E-state index contributed by atoms with van der Waals surface area (Å²) in [5, 5.41) is 2.86. The first kappa shape index (κ1) is 15.3. The number of halogens is 1. The van der Waals surface area contributed by atoms with Gasteiger partial charge in [0.2, 0.25) is 5.91 Å². The number of hydrogen-bond acceptors (Lipinski definition) is 3. The number of anilines is 1. The van der Waals surface area contributed by atoms with Crippen LogP contribution < -0.4 is 16.6 Å². The van der Waals surface area contributed by atoms with Gasteiger partial charge in [-0.3, -0.25) is 9.59 Å². The van der Waals surface area contributed by atoms with Crippen molar-refractivity contribution in [3.63, 3.8) is 0 Å². The second-order valence-electron chi connectivity index (χ2n) is 4.77. The molecule has 1 aromatic carbocycles. The fourth-order valence-electron chi connectivity index (χ4n) is 1.97. The first-order valence-corrected chi connectivity index (χ1v) is 7.26. The van der Waals surface area contributed by atoms with E-state index in [0.29, 0.717) is 5.69 Å². The van der Waals surface area contributed by atoms with Gasteiger partial charge < -0.3 is 15.6 Å². The molecule has 1 unspecified atom stereocenters. The number of amides is 1. The number of rotatable bonds is 4. The van der Waals surface area contributed by atoms with E-state index < -0.39 is 0 Å². The summed E-state index contributed by atoms with van der Waals surface area (Å²) >= 11 is 3.40. The standard InChI is InChI=1S/C15H16BrN3O2/c1-10(11-3-2-4-12(16)7-11)18-14(20)9-19-8-13(17)5-6-15(19)21/h2-8,10H,9,17H2,1H3,(H,18,20). The Morgan fingerprint density at radius 1 is 1.38 bits per heavy atom. The van der Waals surface area contributed by atoms with Crippen LogP contribution in [0.2, 0.25) is 0 Å². The molecule has 5 nitrogen and oxygen atoms in total. The SMILES string of the molecule is CC(NC(=O)Cn1cc(N)ccc1=O)c1cccc(Br)c1. The Balaban J connectivity index is 2.04. The molecule has 1 amide bonds. The van der Waals surface area contributed by atoms with E-state index in [1.165, 1.54) is 22.9 Å². The van der Waals surface area contributed by atoms with Crippen molar-refractivity contribution in [2.45, 2.75) is 19.5 Å². The number of pyridine rings is 1. The number of nitrogens with zero attached hydrogens (tertiary/aromatic N) is 1. The minimum Gasteiger partial charge on any atom is -0.398 e. The van der Waals surface area contributed by atoms with Crippen LogP contribution in [0.1, 0.15) is 18.5 Å². The van der Waals surface area contributed by atoms with Crippen molar-refractivity contribution in [2.75, 3.05) is 5.73 Å². The number of carbonyl (C=O) groups is 1. The predicted molar refractivity (Wildman–Crippen MR) is 85.8 cm³/mol. The summed E-state index contributed by atoms with van der Waals surface area (Å²) in [6.07, 6.45) is 1.46. The number of nitrogen functional groups attached to an aromatic ring is 1. The molecule has 1 atom stereocenters. The molecule has 3 N–H and O–H groups in total. The van der Waals surface area contributed by atoms with Gasteiger partial charge in [0.25, 0.3) is 5.56 Å². The van der Waals surface area contributed by atoms with E-state index in [1.807, 2.05) is 31.2 Å². The molecule has 2 rings (SSSR count). The van der Waals surface area contributed by atoms with E-state index in [2.05, 4.69) is 21.2 Å². The lowest BCUT2D eigenvalue weighted by Gasteiger charge is -2.15. The molecular weight excluding hydrogens is 334 g/mol. The van der Waals surface area contributed by atoms with E-state index in [4.69, 9.17) is 5.73 Å². The average Bonchev–Trinajstić information content (AvgIpc) is 2.42. The van der Waals surface area contributed by atoms with Crippen molar-refractivity contribution >= 4 is 27.5 Å². The highest BCUT2D eigenvalue weighted by Crippen LogP contribution is 2.17. The highest BCUT2D eigenvalue weighted by atomic mass is 79.9. The lowest BCUT2D eigenvalue weighted by Crippen LogP contribution is -2.33. The molecule has 1 aromatic heterocycles. The van der Waals surface area contributed by atoms with Crippen LogP contribution in [0.15, 0.2) is 51.9 Å². The molecule has 0 saturated heterocycles. The van der Waals surface area contributed by atoms with Crippen LogP contribution in [-0.2, 0) is 11.3 Å². The Bertz CT molecular complexity index is 712. The third kappa shape index (κ3) is 4.19. The first-order valence-electron chi connectivity index (χ1n) is 6.46. The molecule has 0 spiro atoms. The van der Waals surface area contributed by atoms with E-state index in [9.17, 15) is 9.59 Å². The smallest absolute Gasteiger partial charge is 0.251 e. The lowest BCUT2D eigenvalue weighted by atomic mass is 10.1. The number of carbonyl (C=O) groups excluding carboxylic acids is 1. The molecule has 21 heavy (non-hydrogen) atoms. The van der Waals surface area contributed by atoms with Crippen LogP contribution in [0.3, 0.4) is 0 Å². The second-order valence-corrected chi connectivity index (χ2v) is 5.69. The molecule has 0 aliphatic carbocycles. The summed E-state index contributed by atoms with van der Waals surface area (Å²) in [6.45, 7) is 1.84. The van der Waals surface area contributed by atoms with Gasteiger partial charge in [-0.2, -0.15) is 0 Å². The molecular formula is C15H16BrN3O2. The Morgan fingerprint density at radius 2 is 2.14 bits per heavy atom. The van der Waals surface area contributed by atoms with Gasteiger partial charge >= 0.3 is 0 Å². The number of hydrogen-bond donors (Lipinski definition) is 2.